The fourth-order valence-corrected chi connectivity index (χ4v) is 2.04. The van der Waals surface area contributed by atoms with E-state index in [4.69, 9.17) is 0 Å². The fraction of sp³-hybridized carbons (Fsp3) is 0.923. The van der Waals surface area contributed by atoms with Crippen LogP contribution >= 0.6 is 0 Å². The van der Waals surface area contributed by atoms with E-state index in [0.717, 1.165) is 24.7 Å². The molecule has 1 radical (unpaired) electrons. The Morgan fingerprint density at radius 3 is 2.38 bits per heavy atom. The van der Waals surface area contributed by atoms with Crippen LogP contribution in [0.5, 0.6) is 0 Å². The van der Waals surface area contributed by atoms with Crippen LogP contribution < -0.4 is 5.32 Å². The molecule has 16 heavy (non-hydrogen) atoms. The zero-order valence-electron chi connectivity index (χ0n) is 10.6. The van der Waals surface area contributed by atoms with Gasteiger partial charge in [0.25, 0.3) is 0 Å². The van der Waals surface area contributed by atoms with Crippen molar-refractivity contribution in [2.75, 3.05) is 6.54 Å². The van der Waals surface area contributed by atoms with E-state index < -0.39 is 0 Å². The maximum absolute atomic E-state index is 11.4. The Bertz CT molecular complexity index is 162. The van der Waals surface area contributed by atoms with E-state index in [1.807, 2.05) is 0 Å². The topological polar surface area (TPSA) is 29.1 Å². The van der Waals surface area contributed by atoms with Crippen LogP contribution in [-0.2, 0) is 4.79 Å². The number of nitrogens with one attached hydrogen (secondary N) is 1. The van der Waals surface area contributed by atoms with E-state index in [1.165, 1.54) is 38.5 Å². The number of amides is 1. The summed E-state index contributed by atoms with van der Waals surface area (Å²) in [6.07, 6.45) is 10.3. The molecule has 1 N–H and O–H groups in total. The van der Waals surface area contributed by atoms with Gasteiger partial charge in [-0.05, 0) is 0 Å². The molecule has 0 unspecified atom stereocenters. The molecule has 0 saturated heterocycles. The van der Waals surface area contributed by atoms with Gasteiger partial charge in [-0.15, -0.1) is 0 Å². The number of unbranched alkanes of at least 4 members (excludes halogenated alkanes) is 6. The van der Waals surface area contributed by atoms with E-state index in [0.29, 0.717) is 6.42 Å². The van der Waals surface area contributed by atoms with Gasteiger partial charge in [0.15, 0.2) is 0 Å². The normalized spacial score (nSPS) is 10.4. The molecule has 0 bridgehead atoms. The number of carbonyl (C=O) groups is 1. The standard InChI is InChI=1S/C13H26NOSe/c1-2-3-4-7-10-13(15)14-11-8-5-6-9-12-16/h2-12H2,1H3,(H,14,15). The maximum atomic E-state index is 11.4. The van der Waals surface area contributed by atoms with Crippen LogP contribution in [0.3, 0.4) is 0 Å². The monoisotopic (exact) mass is 292 g/mol. The molecule has 0 aromatic heterocycles. The molecule has 0 fully saturated rings. The summed E-state index contributed by atoms with van der Waals surface area (Å²) in [6, 6.07) is 0. The van der Waals surface area contributed by atoms with Crippen molar-refractivity contribution in [1.29, 1.82) is 0 Å². The van der Waals surface area contributed by atoms with Crippen molar-refractivity contribution in [2.45, 2.75) is 70.0 Å². The van der Waals surface area contributed by atoms with Crippen LogP contribution in [0.25, 0.3) is 0 Å². The SMILES string of the molecule is CCCCCCC(=O)NCCCCCC[Se]. The molecule has 0 aromatic rings. The molecule has 0 saturated carbocycles. The molecule has 0 rings (SSSR count). The van der Waals surface area contributed by atoms with Crippen LogP contribution in [0.2, 0.25) is 5.32 Å². The summed E-state index contributed by atoms with van der Waals surface area (Å²) in [6.45, 7) is 3.05. The minimum atomic E-state index is 0.236. The molecule has 2 nitrogen and oxygen atoms in total. The predicted octanol–water partition coefficient (Wildman–Crippen LogP) is 3.22. The summed E-state index contributed by atoms with van der Waals surface area (Å²) in [7, 11) is 0. The van der Waals surface area contributed by atoms with Crippen molar-refractivity contribution in [3.63, 3.8) is 0 Å². The molecule has 0 aliphatic heterocycles. The zero-order valence-corrected chi connectivity index (χ0v) is 12.3. The van der Waals surface area contributed by atoms with Crippen LogP contribution in [0, 0.1) is 0 Å². The van der Waals surface area contributed by atoms with Crippen molar-refractivity contribution in [3.8, 4) is 0 Å². The van der Waals surface area contributed by atoms with Gasteiger partial charge < -0.3 is 0 Å². The minimum absolute atomic E-state index is 0.236. The molecule has 1 amide bonds. The third-order valence-electron chi connectivity index (χ3n) is 2.65. The van der Waals surface area contributed by atoms with Crippen LogP contribution in [0.1, 0.15) is 64.7 Å². The number of hydrogen-bond acceptors (Lipinski definition) is 1. The Kier molecular flexibility index (Phi) is 13.0. The second kappa shape index (κ2) is 13.1. The van der Waals surface area contributed by atoms with Gasteiger partial charge in [-0.3, -0.25) is 0 Å². The zero-order chi connectivity index (χ0) is 12.1. The number of rotatable bonds is 11. The average molecular weight is 291 g/mol. The summed E-state index contributed by atoms with van der Waals surface area (Å²) in [4.78, 5) is 11.4. The Hall–Kier alpha value is -0.0105. The van der Waals surface area contributed by atoms with Crippen molar-refractivity contribution < 1.29 is 4.79 Å². The Morgan fingerprint density at radius 1 is 1.00 bits per heavy atom. The van der Waals surface area contributed by atoms with Crippen molar-refractivity contribution in [3.05, 3.63) is 0 Å². The summed E-state index contributed by atoms with van der Waals surface area (Å²) in [5.74, 6) is 0.236. The van der Waals surface area contributed by atoms with E-state index in [2.05, 4.69) is 28.3 Å². The Balaban J connectivity index is 3.11. The van der Waals surface area contributed by atoms with Gasteiger partial charge in [-0.25, -0.2) is 0 Å². The molecule has 0 aliphatic carbocycles. The molecular formula is C13H26NOSe. The third kappa shape index (κ3) is 12.1. The van der Waals surface area contributed by atoms with Crippen LogP contribution in [0.15, 0.2) is 0 Å². The van der Waals surface area contributed by atoms with Gasteiger partial charge >= 0.3 is 95.3 Å². The summed E-state index contributed by atoms with van der Waals surface area (Å²) in [5, 5.41) is 4.15. The van der Waals surface area contributed by atoms with E-state index in [9.17, 15) is 4.79 Å². The van der Waals surface area contributed by atoms with Gasteiger partial charge in [0.2, 0.25) is 0 Å². The van der Waals surface area contributed by atoms with Crippen molar-refractivity contribution >= 4 is 21.9 Å². The summed E-state index contributed by atoms with van der Waals surface area (Å²) >= 11 is 3.02. The third-order valence-corrected chi connectivity index (χ3v) is 3.26. The van der Waals surface area contributed by atoms with Gasteiger partial charge in [-0.2, -0.15) is 0 Å². The van der Waals surface area contributed by atoms with Gasteiger partial charge in [0, 0.05) is 0 Å². The van der Waals surface area contributed by atoms with E-state index in [1.54, 1.807) is 0 Å². The number of hydrogen-bond donors (Lipinski definition) is 1. The molecule has 0 atom stereocenters. The van der Waals surface area contributed by atoms with Gasteiger partial charge in [-0.1, -0.05) is 13.3 Å². The van der Waals surface area contributed by atoms with Crippen LogP contribution in [-0.4, -0.2) is 28.5 Å². The van der Waals surface area contributed by atoms with Gasteiger partial charge in [0.1, 0.15) is 0 Å². The molecule has 3 heteroatoms. The first-order valence-corrected chi connectivity index (χ1v) is 7.87. The summed E-state index contributed by atoms with van der Waals surface area (Å²) in [5.41, 5.74) is 0. The molecule has 0 heterocycles. The quantitative estimate of drug-likeness (QED) is 0.459. The van der Waals surface area contributed by atoms with Crippen molar-refractivity contribution in [2.24, 2.45) is 0 Å². The molecule has 0 spiro atoms. The predicted molar refractivity (Wildman–Crippen MR) is 70.8 cm³/mol. The second-order valence-electron chi connectivity index (χ2n) is 4.28. The molecule has 95 valence electrons. The first-order chi connectivity index (χ1) is 7.81. The summed E-state index contributed by atoms with van der Waals surface area (Å²) < 4.78 is 0. The Morgan fingerprint density at radius 2 is 1.69 bits per heavy atom. The Labute approximate surface area is 109 Å². The fourth-order valence-electron chi connectivity index (χ4n) is 1.61. The first-order valence-electron chi connectivity index (χ1n) is 6.66. The molecule has 0 aliphatic rings. The second-order valence-corrected chi connectivity index (χ2v) is 5.14. The van der Waals surface area contributed by atoms with Crippen LogP contribution in [0.4, 0.5) is 0 Å². The van der Waals surface area contributed by atoms with Gasteiger partial charge in [0.05, 0.1) is 0 Å². The van der Waals surface area contributed by atoms with E-state index >= 15 is 0 Å². The van der Waals surface area contributed by atoms with E-state index in [-0.39, 0.29) is 5.91 Å². The molecular weight excluding hydrogens is 265 g/mol. The molecule has 0 aromatic carbocycles. The van der Waals surface area contributed by atoms with Crippen molar-refractivity contribution in [1.82, 2.24) is 5.32 Å². The number of carbonyl (C=O) groups excluding carboxylic acids is 1. The first kappa shape index (κ1) is 16.0. The average Bonchev–Trinajstić information content (AvgIpc) is 2.29.